The van der Waals surface area contributed by atoms with Gasteiger partial charge in [0, 0.05) is 20.1 Å². The second-order valence-corrected chi connectivity index (χ2v) is 0.952. The molecule has 1 rings (SSSR count). The van der Waals surface area contributed by atoms with Gasteiger partial charge in [-0.25, -0.2) is 0 Å². The smallest absolute Gasteiger partial charge is 0 e. The molecule has 0 aromatic carbocycles. The molecule has 37 valence electrons. The Morgan fingerprint density at radius 3 is 2.67 bits per heavy atom. The maximum absolute atomic E-state index is 3.65. The molecule has 1 heterocycles. The maximum atomic E-state index is 3.65. The van der Waals surface area contributed by atoms with Crippen LogP contribution in [0.1, 0.15) is 6.42 Å². The molecule has 2 nitrogen and oxygen atoms in total. The van der Waals surface area contributed by atoms with Gasteiger partial charge >= 0.3 is 0 Å². The second kappa shape index (κ2) is 3.31. The van der Waals surface area contributed by atoms with Gasteiger partial charge in [0.15, 0.2) is 0 Å². The number of rotatable bonds is 0. The van der Waals surface area contributed by atoms with Crippen LogP contribution in [0, 0.1) is 0 Å². The molecule has 0 aromatic heterocycles. The summed E-state index contributed by atoms with van der Waals surface area (Å²) in [5.74, 6) is 0. The van der Waals surface area contributed by atoms with Crippen molar-refractivity contribution in [2.45, 2.75) is 6.42 Å². The molecule has 0 aromatic rings. The number of hydrogen-bond acceptors (Lipinski definition) is 1. The van der Waals surface area contributed by atoms with Crippen molar-refractivity contribution in [3.8, 4) is 0 Å². The third-order valence-corrected chi connectivity index (χ3v) is 0.521. The Labute approximate surface area is 50.4 Å². The van der Waals surface area contributed by atoms with Crippen molar-refractivity contribution in [2.75, 3.05) is 6.54 Å². The average Bonchev–Trinajstić information content (AvgIpc) is 1.76. The minimum absolute atomic E-state index is 0. The van der Waals surface area contributed by atoms with E-state index in [0.717, 1.165) is 13.0 Å². The van der Waals surface area contributed by atoms with Crippen molar-refractivity contribution in [1.29, 1.82) is 0 Å². The molecule has 0 unspecified atom stereocenters. The Bertz CT molecular complexity index is 46.8. The van der Waals surface area contributed by atoms with Gasteiger partial charge in [-0.15, -0.1) is 6.54 Å². The van der Waals surface area contributed by atoms with Gasteiger partial charge in [-0.3, -0.25) is 0 Å². The van der Waals surface area contributed by atoms with E-state index in [2.05, 4.69) is 10.5 Å². The fourth-order valence-electron chi connectivity index (χ4n) is 0.289. The third kappa shape index (κ3) is 1.53. The van der Waals surface area contributed by atoms with Crippen molar-refractivity contribution in [2.24, 2.45) is 5.10 Å². The Morgan fingerprint density at radius 1 is 1.67 bits per heavy atom. The van der Waals surface area contributed by atoms with E-state index in [1.54, 1.807) is 0 Å². The molecule has 0 N–H and O–H groups in total. The van der Waals surface area contributed by atoms with Crippen LogP contribution in [0.3, 0.4) is 0 Å². The first-order valence-corrected chi connectivity index (χ1v) is 1.68. The zero-order valence-electron chi connectivity index (χ0n) is 3.22. The van der Waals surface area contributed by atoms with Crippen molar-refractivity contribution in [1.82, 2.24) is 0 Å². The van der Waals surface area contributed by atoms with Gasteiger partial charge in [0.25, 0.3) is 0 Å². The summed E-state index contributed by atoms with van der Waals surface area (Å²) in [6, 6.07) is 0. The van der Waals surface area contributed by atoms with Gasteiger partial charge in [0.05, 0.1) is 0 Å². The SMILES string of the molecule is C1=N[N-]CC1.[Ir]. The molecule has 0 atom stereocenters. The maximum Gasteiger partial charge on any atom is 0 e. The molecule has 0 fully saturated rings. The zero-order chi connectivity index (χ0) is 3.54. The summed E-state index contributed by atoms with van der Waals surface area (Å²) >= 11 is 0. The van der Waals surface area contributed by atoms with E-state index in [0.29, 0.717) is 0 Å². The summed E-state index contributed by atoms with van der Waals surface area (Å²) in [7, 11) is 0. The summed E-state index contributed by atoms with van der Waals surface area (Å²) < 4.78 is 0. The van der Waals surface area contributed by atoms with E-state index >= 15 is 0 Å². The molecule has 0 saturated heterocycles. The Hall–Kier alpha value is 0.119. The van der Waals surface area contributed by atoms with Crippen LogP contribution >= 0.6 is 0 Å². The van der Waals surface area contributed by atoms with Crippen molar-refractivity contribution in [3.63, 3.8) is 0 Å². The van der Waals surface area contributed by atoms with Gasteiger partial charge in [-0.05, 0) is 12.6 Å². The van der Waals surface area contributed by atoms with Gasteiger partial charge in [-0.1, -0.05) is 0 Å². The van der Waals surface area contributed by atoms with Crippen LogP contribution in [0.25, 0.3) is 5.43 Å². The first-order chi connectivity index (χ1) is 2.50. The van der Waals surface area contributed by atoms with Crippen molar-refractivity contribution in [3.05, 3.63) is 5.43 Å². The minimum atomic E-state index is 0. The topological polar surface area (TPSA) is 26.5 Å². The fraction of sp³-hybridized carbons (Fsp3) is 0.667. The molecule has 1 radical (unpaired) electrons. The predicted octanol–water partition coefficient (Wildman–Crippen LogP) is 0.747. The third-order valence-electron chi connectivity index (χ3n) is 0.521. The predicted molar refractivity (Wildman–Crippen MR) is 21.3 cm³/mol. The summed E-state index contributed by atoms with van der Waals surface area (Å²) in [6.07, 6.45) is 2.86. The Kier molecular flexibility index (Phi) is 3.38. The van der Waals surface area contributed by atoms with Crippen LogP contribution < -0.4 is 0 Å². The molecule has 6 heavy (non-hydrogen) atoms. The Morgan fingerprint density at radius 2 is 2.50 bits per heavy atom. The molecule has 0 bridgehead atoms. The molecular weight excluding hydrogens is 256 g/mol. The summed E-state index contributed by atoms with van der Waals surface area (Å²) in [5, 5.41) is 3.58. The second-order valence-electron chi connectivity index (χ2n) is 0.952. The number of hydrogen-bond donors (Lipinski definition) is 0. The standard InChI is InChI=1S/C3H5N2.Ir/c1-2-4-5-3-1;/h2H,1,3H2;/q-1;. The van der Waals surface area contributed by atoms with E-state index in [1.807, 2.05) is 6.21 Å². The van der Waals surface area contributed by atoms with Crippen LogP contribution in [0.2, 0.25) is 0 Å². The van der Waals surface area contributed by atoms with Crippen LogP contribution in [-0.4, -0.2) is 12.8 Å². The van der Waals surface area contributed by atoms with Crippen molar-refractivity contribution >= 4 is 6.21 Å². The quantitative estimate of drug-likeness (QED) is 0.615. The summed E-state index contributed by atoms with van der Waals surface area (Å²) in [6.45, 7) is 0.903. The summed E-state index contributed by atoms with van der Waals surface area (Å²) in [5.41, 5.74) is 3.65. The normalized spacial score (nSPS) is 16.0. The van der Waals surface area contributed by atoms with E-state index in [-0.39, 0.29) is 20.1 Å². The van der Waals surface area contributed by atoms with E-state index in [4.69, 9.17) is 0 Å². The van der Waals surface area contributed by atoms with Gasteiger partial charge in [0.1, 0.15) is 0 Å². The van der Waals surface area contributed by atoms with Crippen LogP contribution in [-0.2, 0) is 20.1 Å². The molecule has 0 spiro atoms. The molecular formula is C3H5IrN2-. The van der Waals surface area contributed by atoms with Crippen LogP contribution in [0.15, 0.2) is 5.10 Å². The van der Waals surface area contributed by atoms with E-state index in [1.165, 1.54) is 0 Å². The van der Waals surface area contributed by atoms with Crippen molar-refractivity contribution < 1.29 is 20.1 Å². The molecule has 1 aliphatic heterocycles. The molecule has 1 aliphatic rings. The summed E-state index contributed by atoms with van der Waals surface area (Å²) in [4.78, 5) is 0. The van der Waals surface area contributed by atoms with Gasteiger partial charge in [-0.2, -0.15) is 0 Å². The molecule has 0 saturated carbocycles. The first-order valence-electron chi connectivity index (χ1n) is 1.68. The van der Waals surface area contributed by atoms with Gasteiger partial charge < -0.3 is 10.5 Å². The zero-order valence-corrected chi connectivity index (χ0v) is 5.61. The van der Waals surface area contributed by atoms with E-state index < -0.39 is 0 Å². The fourth-order valence-corrected chi connectivity index (χ4v) is 0.289. The minimum Gasteiger partial charge on any atom is -0.602 e. The molecule has 3 heteroatoms. The average molecular weight is 261 g/mol. The van der Waals surface area contributed by atoms with Crippen LogP contribution in [0.4, 0.5) is 0 Å². The van der Waals surface area contributed by atoms with Gasteiger partial charge in [0.2, 0.25) is 0 Å². The monoisotopic (exact) mass is 262 g/mol. The van der Waals surface area contributed by atoms with Crippen LogP contribution in [0.5, 0.6) is 0 Å². The Balaban J connectivity index is 0.000000250. The molecule has 0 aliphatic carbocycles. The number of nitrogens with zero attached hydrogens (tertiary/aromatic N) is 2. The first kappa shape index (κ1) is 6.12. The van der Waals surface area contributed by atoms with E-state index in [9.17, 15) is 0 Å². The molecule has 0 amide bonds. The largest absolute Gasteiger partial charge is 0.602 e.